The Kier molecular flexibility index (Phi) is 1.84. The lowest BCUT2D eigenvalue weighted by Crippen LogP contribution is -2.25. The maximum atomic E-state index is 11.4. The molecule has 2 heterocycles. The fourth-order valence-electron chi connectivity index (χ4n) is 1.29. The summed E-state index contributed by atoms with van der Waals surface area (Å²) in [6.07, 6.45) is 3.60. The molecule has 0 unspecified atom stereocenters. The van der Waals surface area contributed by atoms with Gasteiger partial charge in [-0.2, -0.15) is 0 Å². The number of rotatable bonds is 0. The standard InChI is InChI=1S/C8H10N4O/c1-12-6-4-9-5-11-8(6)10-3-2-7(12)13/h4-5H,2-3H2,1H3,(H,9,10,11). The van der Waals surface area contributed by atoms with Crippen molar-refractivity contribution in [3.8, 4) is 0 Å². The van der Waals surface area contributed by atoms with Crippen molar-refractivity contribution in [2.24, 2.45) is 0 Å². The Morgan fingerprint density at radius 2 is 2.46 bits per heavy atom. The minimum absolute atomic E-state index is 0.0843. The summed E-state index contributed by atoms with van der Waals surface area (Å²) in [4.78, 5) is 20.9. The van der Waals surface area contributed by atoms with Gasteiger partial charge in [-0.15, -0.1) is 0 Å². The molecule has 0 fully saturated rings. The molecule has 1 amide bonds. The Hall–Kier alpha value is -1.65. The van der Waals surface area contributed by atoms with Crippen LogP contribution in [0.25, 0.3) is 0 Å². The molecule has 0 atom stereocenters. The monoisotopic (exact) mass is 178 g/mol. The predicted octanol–water partition coefficient (Wildman–Crippen LogP) is 0.255. The number of aromatic nitrogens is 2. The third-order valence-corrected chi connectivity index (χ3v) is 2.06. The first-order chi connectivity index (χ1) is 6.29. The van der Waals surface area contributed by atoms with Crippen LogP contribution in [0.1, 0.15) is 6.42 Å². The number of carbonyl (C=O) groups excluding carboxylic acids is 1. The van der Waals surface area contributed by atoms with Gasteiger partial charge in [-0.1, -0.05) is 0 Å². The molecule has 0 spiro atoms. The van der Waals surface area contributed by atoms with Crippen LogP contribution in [0, 0.1) is 0 Å². The molecule has 1 aliphatic heterocycles. The minimum atomic E-state index is 0.0843. The summed E-state index contributed by atoms with van der Waals surface area (Å²) in [5.74, 6) is 0.810. The summed E-state index contributed by atoms with van der Waals surface area (Å²) in [5, 5.41) is 3.07. The van der Waals surface area contributed by atoms with Crippen LogP contribution >= 0.6 is 0 Å². The van der Waals surface area contributed by atoms with Gasteiger partial charge in [-0.25, -0.2) is 9.97 Å². The lowest BCUT2D eigenvalue weighted by molar-refractivity contribution is -0.118. The van der Waals surface area contributed by atoms with Gasteiger partial charge in [0, 0.05) is 20.0 Å². The number of amides is 1. The molecule has 2 rings (SSSR count). The summed E-state index contributed by atoms with van der Waals surface area (Å²) >= 11 is 0. The van der Waals surface area contributed by atoms with Gasteiger partial charge in [0.1, 0.15) is 12.0 Å². The molecule has 0 saturated heterocycles. The number of fused-ring (bicyclic) bond motifs is 1. The van der Waals surface area contributed by atoms with Crippen molar-refractivity contribution >= 4 is 17.4 Å². The molecule has 5 heteroatoms. The molecular weight excluding hydrogens is 168 g/mol. The number of carbonyl (C=O) groups is 1. The van der Waals surface area contributed by atoms with Gasteiger partial charge < -0.3 is 10.2 Å². The zero-order valence-corrected chi connectivity index (χ0v) is 7.32. The van der Waals surface area contributed by atoms with E-state index in [2.05, 4.69) is 15.3 Å². The first-order valence-electron chi connectivity index (χ1n) is 4.09. The topological polar surface area (TPSA) is 58.1 Å². The summed E-state index contributed by atoms with van der Waals surface area (Å²) in [7, 11) is 1.73. The molecule has 68 valence electrons. The van der Waals surface area contributed by atoms with Crippen LogP contribution in [0.2, 0.25) is 0 Å². The van der Waals surface area contributed by atoms with Gasteiger partial charge in [0.05, 0.1) is 6.20 Å². The largest absolute Gasteiger partial charge is 0.368 e. The highest BCUT2D eigenvalue weighted by Gasteiger charge is 2.18. The predicted molar refractivity (Wildman–Crippen MR) is 48.5 cm³/mol. The lowest BCUT2D eigenvalue weighted by atomic mass is 10.4. The van der Waals surface area contributed by atoms with Gasteiger partial charge in [0.15, 0.2) is 5.82 Å². The quantitative estimate of drug-likeness (QED) is 0.619. The van der Waals surface area contributed by atoms with E-state index in [1.807, 2.05) is 0 Å². The second-order valence-corrected chi connectivity index (χ2v) is 2.89. The van der Waals surface area contributed by atoms with Crippen LogP contribution in [0.3, 0.4) is 0 Å². The van der Waals surface area contributed by atoms with E-state index in [9.17, 15) is 4.79 Å². The van der Waals surface area contributed by atoms with E-state index >= 15 is 0 Å². The highest BCUT2D eigenvalue weighted by atomic mass is 16.2. The fraction of sp³-hybridized carbons (Fsp3) is 0.375. The molecule has 0 aliphatic carbocycles. The summed E-state index contributed by atoms with van der Waals surface area (Å²) < 4.78 is 0. The van der Waals surface area contributed by atoms with Crippen molar-refractivity contribution in [1.29, 1.82) is 0 Å². The summed E-state index contributed by atoms with van der Waals surface area (Å²) in [6.45, 7) is 0.632. The van der Waals surface area contributed by atoms with Gasteiger partial charge in [-0.05, 0) is 0 Å². The van der Waals surface area contributed by atoms with E-state index in [0.717, 1.165) is 11.5 Å². The van der Waals surface area contributed by atoms with Crippen LogP contribution < -0.4 is 10.2 Å². The molecule has 0 aromatic carbocycles. The Balaban J connectivity index is 2.46. The van der Waals surface area contributed by atoms with Gasteiger partial charge in [0.2, 0.25) is 5.91 Å². The average molecular weight is 178 g/mol. The van der Waals surface area contributed by atoms with Gasteiger partial charge >= 0.3 is 0 Å². The SMILES string of the molecule is CN1C(=O)CCNc2ncncc21. The van der Waals surface area contributed by atoms with Gasteiger partial charge in [0.25, 0.3) is 0 Å². The highest BCUT2D eigenvalue weighted by molar-refractivity contribution is 5.96. The number of nitrogens with zero attached hydrogens (tertiary/aromatic N) is 3. The molecule has 0 radical (unpaired) electrons. The lowest BCUT2D eigenvalue weighted by Gasteiger charge is -2.14. The second kappa shape index (κ2) is 3.01. The number of hydrogen-bond donors (Lipinski definition) is 1. The Morgan fingerprint density at radius 3 is 3.31 bits per heavy atom. The smallest absolute Gasteiger partial charge is 0.228 e. The zero-order chi connectivity index (χ0) is 9.26. The highest BCUT2D eigenvalue weighted by Crippen LogP contribution is 2.23. The molecule has 1 aliphatic rings. The first kappa shape index (κ1) is 7.97. The Labute approximate surface area is 75.8 Å². The summed E-state index contributed by atoms with van der Waals surface area (Å²) in [6, 6.07) is 0. The third kappa shape index (κ3) is 1.32. The molecular formula is C8H10N4O. The van der Waals surface area contributed by atoms with E-state index in [-0.39, 0.29) is 5.91 Å². The van der Waals surface area contributed by atoms with E-state index < -0.39 is 0 Å². The van der Waals surface area contributed by atoms with Crippen molar-refractivity contribution in [3.63, 3.8) is 0 Å². The minimum Gasteiger partial charge on any atom is -0.368 e. The van der Waals surface area contributed by atoms with Crippen molar-refractivity contribution in [2.75, 3.05) is 23.8 Å². The van der Waals surface area contributed by atoms with Crippen LogP contribution in [-0.4, -0.2) is 29.5 Å². The van der Waals surface area contributed by atoms with Crippen LogP contribution in [0.4, 0.5) is 11.5 Å². The molecule has 0 bridgehead atoms. The first-order valence-corrected chi connectivity index (χ1v) is 4.09. The van der Waals surface area contributed by atoms with Crippen molar-refractivity contribution in [2.45, 2.75) is 6.42 Å². The molecule has 1 aromatic heterocycles. The average Bonchev–Trinajstić information content (AvgIpc) is 2.29. The number of anilines is 2. The van der Waals surface area contributed by atoms with E-state index in [1.165, 1.54) is 6.33 Å². The maximum absolute atomic E-state index is 11.4. The zero-order valence-electron chi connectivity index (χ0n) is 7.32. The molecule has 13 heavy (non-hydrogen) atoms. The van der Waals surface area contributed by atoms with E-state index in [1.54, 1.807) is 18.1 Å². The van der Waals surface area contributed by atoms with E-state index in [0.29, 0.717) is 13.0 Å². The van der Waals surface area contributed by atoms with Crippen molar-refractivity contribution in [3.05, 3.63) is 12.5 Å². The molecule has 0 saturated carbocycles. The van der Waals surface area contributed by atoms with Crippen LogP contribution in [0.5, 0.6) is 0 Å². The molecule has 1 aromatic rings. The molecule has 5 nitrogen and oxygen atoms in total. The number of hydrogen-bond acceptors (Lipinski definition) is 4. The van der Waals surface area contributed by atoms with Crippen LogP contribution in [-0.2, 0) is 4.79 Å². The van der Waals surface area contributed by atoms with Crippen molar-refractivity contribution < 1.29 is 4.79 Å². The second-order valence-electron chi connectivity index (χ2n) is 2.89. The summed E-state index contributed by atoms with van der Waals surface area (Å²) in [5.41, 5.74) is 0.741. The normalized spacial score (nSPS) is 16.1. The van der Waals surface area contributed by atoms with E-state index in [4.69, 9.17) is 0 Å². The Morgan fingerprint density at radius 1 is 1.62 bits per heavy atom. The molecule has 1 N–H and O–H groups in total. The van der Waals surface area contributed by atoms with Crippen LogP contribution in [0.15, 0.2) is 12.5 Å². The van der Waals surface area contributed by atoms with Gasteiger partial charge in [-0.3, -0.25) is 4.79 Å². The Bertz CT molecular complexity index is 339. The fourth-order valence-corrected chi connectivity index (χ4v) is 1.29. The maximum Gasteiger partial charge on any atom is 0.228 e. The number of nitrogens with one attached hydrogen (secondary N) is 1. The third-order valence-electron chi connectivity index (χ3n) is 2.06. The van der Waals surface area contributed by atoms with Crippen molar-refractivity contribution in [1.82, 2.24) is 9.97 Å².